The second-order valence-corrected chi connectivity index (χ2v) is 9.41. The molecular weight excluding hydrogens is 459 g/mol. The molecule has 178 valence electrons. The van der Waals surface area contributed by atoms with Crippen molar-refractivity contribution >= 4 is 34.1 Å². The smallest absolute Gasteiger partial charge is 0.257 e. The summed E-state index contributed by atoms with van der Waals surface area (Å²) >= 11 is 5.91. The summed E-state index contributed by atoms with van der Waals surface area (Å²) in [6, 6.07) is 8.22. The zero-order valence-corrected chi connectivity index (χ0v) is 19.9. The number of nitrogens with one attached hydrogen (secondary N) is 1. The summed E-state index contributed by atoms with van der Waals surface area (Å²) in [5, 5.41) is 3.54. The van der Waals surface area contributed by atoms with Crippen LogP contribution in [0.2, 0.25) is 5.02 Å². The van der Waals surface area contributed by atoms with Gasteiger partial charge in [0.2, 0.25) is 5.43 Å². The molecule has 1 N–H and O–H groups in total. The zero-order valence-electron chi connectivity index (χ0n) is 19.1. The summed E-state index contributed by atoms with van der Waals surface area (Å²) in [4.78, 5) is 30.5. The minimum absolute atomic E-state index is 0.0205. The number of rotatable bonds is 4. The lowest BCUT2D eigenvalue weighted by atomic mass is 10.0. The van der Waals surface area contributed by atoms with Crippen LogP contribution in [0.1, 0.15) is 28.9 Å². The van der Waals surface area contributed by atoms with Crippen LogP contribution in [0.4, 0.5) is 10.1 Å². The van der Waals surface area contributed by atoms with E-state index in [0.29, 0.717) is 41.7 Å². The van der Waals surface area contributed by atoms with Crippen LogP contribution in [0, 0.1) is 5.82 Å². The maximum atomic E-state index is 15.4. The van der Waals surface area contributed by atoms with Crippen molar-refractivity contribution < 1.29 is 13.9 Å². The predicted octanol–water partition coefficient (Wildman–Crippen LogP) is 3.43. The summed E-state index contributed by atoms with van der Waals surface area (Å²) in [6.45, 7) is 5.47. The van der Waals surface area contributed by atoms with Crippen LogP contribution >= 0.6 is 11.6 Å². The van der Waals surface area contributed by atoms with Gasteiger partial charge in [-0.15, -0.1) is 0 Å². The molecule has 0 saturated carbocycles. The first kappa shape index (κ1) is 22.7. The van der Waals surface area contributed by atoms with Crippen molar-refractivity contribution in [2.45, 2.75) is 19.5 Å². The number of nitrogens with zero attached hydrogens (tertiary/aromatic N) is 3. The van der Waals surface area contributed by atoms with Gasteiger partial charge in [-0.3, -0.25) is 9.59 Å². The number of anilines is 1. The highest BCUT2D eigenvalue weighted by Gasteiger charge is 2.31. The van der Waals surface area contributed by atoms with Crippen molar-refractivity contribution in [1.29, 1.82) is 0 Å². The molecule has 1 fully saturated rings. The van der Waals surface area contributed by atoms with Gasteiger partial charge < -0.3 is 24.4 Å². The van der Waals surface area contributed by atoms with Crippen molar-refractivity contribution in [3.8, 4) is 5.75 Å². The quantitative estimate of drug-likeness (QED) is 0.614. The van der Waals surface area contributed by atoms with E-state index in [0.717, 1.165) is 18.7 Å². The Morgan fingerprint density at radius 3 is 2.62 bits per heavy atom. The van der Waals surface area contributed by atoms with Gasteiger partial charge in [0.1, 0.15) is 17.9 Å². The van der Waals surface area contributed by atoms with E-state index in [2.05, 4.69) is 10.2 Å². The van der Waals surface area contributed by atoms with Crippen LogP contribution in [0.25, 0.3) is 10.9 Å². The molecule has 2 aliphatic heterocycles. The number of carbonyl (C=O) groups excluding carboxylic acids is 1. The van der Waals surface area contributed by atoms with Crippen molar-refractivity contribution in [1.82, 2.24) is 14.8 Å². The summed E-state index contributed by atoms with van der Waals surface area (Å²) in [6.07, 6.45) is 1.57. The molecule has 0 bridgehead atoms. The Hall–Kier alpha value is -3.10. The minimum Gasteiger partial charge on any atom is -0.487 e. The number of benzene rings is 2. The lowest BCUT2D eigenvalue weighted by Crippen LogP contribution is -2.45. The lowest BCUT2D eigenvalue weighted by molar-refractivity contribution is 0.0948. The van der Waals surface area contributed by atoms with E-state index >= 15 is 4.39 Å². The average molecular weight is 485 g/mol. The Morgan fingerprint density at radius 2 is 1.91 bits per heavy atom. The van der Waals surface area contributed by atoms with Crippen molar-refractivity contribution in [3.05, 3.63) is 68.7 Å². The number of ether oxygens (including phenoxy) is 1. The number of likely N-dealkylation sites (N-methyl/N-ethyl adjacent to an activating group) is 1. The highest BCUT2D eigenvalue weighted by atomic mass is 35.5. The maximum absolute atomic E-state index is 15.4. The van der Waals surface area contributed by atoms with Gasteiger partial charge in [0.05, 0.1) is 16.9 Å². The first-order valence-corrected chi connectivity index (χ1v) is 11.7. The predicted molar refractivity (Wildman–Crippen MR) is 131 cm³/mol. The van der Waals surface area contributed by atoms with Crippen LogP contribution < -0.4 is 20.4 Å². The maximum Gasteiger partial charge on any atom is 0.257 e. The lowest BCUT2D eigenvalue weighted by Gasteiger charge is -2.37. The Bertz CT molecular complexity index is 1320. The molecule has 1 atom stereocenters. The first-order chi connectivity index (χ1) is 16.3. The van der Waals surface area contributed by atoms with Crippen LogP contribution in [-0.4, -0.2) is 55.2 Å². The number of hydrogen-bond donors (Lipinski definition) is 1. The Balaban J connectivity index is 1.55. The molecule has 34 heavy (non-hydrogen) atoms. The van der Waals surface area contributed by atoms with Gasteiger partial charge >= 0.3 is 0 Å². The van der Waals surface area contributed by atoms with Crippen molar-refractivity contribution in [2.24, 2.45) is 0 Å². The fraction of sp³-hybridized carbons (Fsp3) is 0.360. The Kier molecular flexibility index (Phi) is 5.95. The third-order valence-electron chi connectivity index (χ3n) is 6.57. The SMILES string of the molecule is C[C@H]1COc2c(N3CCN(C)CC3)c(F)cc3c(=O)c(C(=O)NCc4ccc(Cl)cc4)cn1c23. The number of carbonyl (C=O) groups is 1. The van der Waals surface area contributed by atoms with Gasteiger partial charge in [-0.2, -0.15) is 0 Å². The van der Waals surface area contributed by atoms with Gasteiger partial charge in [-0.05, 0) is 37.7 Å². The molecule has 1 aromatic heterocycles. The van der Waals surface area contributed by atoms with E-state index in [-0.39, 0.29) is 23.5 Å². The highest BCUT2D eigenvalue weighted by molar-refractivity contribution is 6.30. The molecule has 1 saturated heterocycles. The number of aromatic nitrogens is 1. The van der Waals surface area contributed by atoms with Crippen molar-refractivity contribution in [2.75, 3.05) is 44.7 Å². The van der Waals surface area contributed by atoms with Gasteiger partial charge in [-0.25, -0.2) is 4.39 Å². The molecular formula is C25H26ClFN4O3. The molecule has 5 rings (SSSR count). The molecule has 3 heterocycles. The largest absolute Gasteiger partial charge is 0.487 e. The summed E-state index contributed by atoms with van der Waals surface area (Å²) in [5.74, 6) is -0.638. The summed E-state index contributed by atoms with van der Waals surface area (Å²) in [5.41, 5.74) is 1.25. The van der Waals surface area contributed by atoms with Crippen LogP contribution in [0.15, 0.2) is 41.3 Å². The van der Waals surface area contributed by atoms with E-state index in [1.165, 1.54) is 6.07 Å². The monoisotopic (exact) mass is 484 g/mol. The molecule has 7 nitrogen and oxygen atoms in total. The Labute approximate surface area is 201 Å². The Morgan fingerprint density at radius 1 is 1.21 bits per heavy atom. The van der Waals surface area contributed by atoms with Gasteiger partial charge in [0.25, 0.3) is 5.91 Å². The fourth-order valence-electron chi connectivity index (χ4n) is 4.58. The minimum atomic E-state index is -0.511. The third-order valence-corrected chi connectivity index (χ3v) is 6.82. The van der Waals surface area contributed by atoms with Gasteiger partial charge in [0.15, 0.2) is 11.6 Å². The van der Waals surface area contributed by atoms with Gasteiger partial charge in [-0.1, -0.05) is 23.7 Å². The third kappa shape index (κ3) is 4.01. The average Bonchev–Trinajstić information content (AvgIpc) is 2.82. The fourth-order valence-corrected chi connectivity index (χ4v) is 4.70. The number of amides is 1. The molecule has 3 aromatic rings. The van der Waals surface area contributed by atoms with E-state index in [1.54, 1.807) is 30.5 Å². The molecule has 2 aromatic carbocycles. The number of pyridine rings is 1. The second kappa shape index (κ2) is 8.92. The molecule has 0 spiro atoms. The van der Waals surface area contributed by atoms with Crippen molar-refractivity contribution in [3.63, 3.8) is 0 Å². The van der Waals surface area contributed by atoms with Crippen LogP contribution in [0.5, 0.6) is 5.75 Å². The zero-order chi connectivity index (χ0) is 24.0. The van der Waals surface area contributed by atoms with Gasteiger partial charge in [0, 0.05) is 43.9 Å². The molecule has 0 radical (unpaired) electrons. The number of halogens is 2. The second-order valence-electron chi connectivity index (χ2n) is 8.97. The number of piperazine rings is 1. The van der Waals surface area contributed by atoms with E-state index in [1.807, 2.05) is 23.4 Å². The molecule has 2 aliphatic rings. The molecule has 0 unspecified atom stereocenters. The molecule has 9 heteroatoms. The number of hydrogen-bond acceptors (Lipinski definition) is 5. The highest BCUT2D eigenvalue weighted by Crippen LogP contribution is 2.42. The topological polar surface area (TPSA) is 66.8 Å². The summed E-state index contributed by atoms with van der Waals surface area (Å²) in [7, 11) is 2.04. The van der Waals surface area contributed by atoms with Crippen LogP contribution in [-0.2, 0) is 6.54 Å². The van der Waals surface area contributed by atoms with E-state index < -0.39 is 17.2 Å². The van der Waals surface area contributed by atoms with Crippen LogP contribution in [0.3, 0.4) is 0 Å². The molecule has 1 amide bonds. The standard InChI is InChI=1S/C25H26ClFN4O3/c1-15-14-34-24-21-18(11-20(27)22(24)30-9-7-29(2)8-10-30)23(32)19(13-31(15)21)25(33)28-12-16-3-5-17(26)6-4-16/h3-6,11,13,15H,7-10,12,14H2,1-2H3,(H,28,33)/t15-/m0/s1. The molecule has 0 aliphatic carbocycles. The van der Waals surface area contributed by atoms with E-state index in [9.17, 15) is 9.59 Å². The first-order valence-electron chi connectivity index (χ1n) is 11.3. The normalized spacial score (nSPS) is 18.1. The van der Waals surface area contributed by atoms with E-state index in [4.69, 9.17) is 16.3 Å². The summed E-state index contributed by atoms with van der Waals surface area (Å²) < 4.78 is 23.3.